The van der Waals surface area contributed by atoms with Crippen LogP contribution in [0.1, 0.15) is 129 Å². The number of carboxylic acid groups (broad SMARTS) is 1. The van der Waals surface area contributed by atoms with Crippen molar-refractivity contribution in [2.24, 2.45) is 0 Å². The normalized spacial score (nSPS) is 12.9. The summed E-state index contributed by atoms with van der Waals surface area (Å²) in [6.07, 6.45) is 19.2. The van der Waals surface area contributed by atoms with Gasteiger partial charge in [0.15, 0.2) is 0 Å². The van der Waals surface area contributed by atoms with Crippen molar-refractivity contribution in [3.8, 4) is 0 Å². The number of rotatable bonds is 20. The van der Waals surface area contributed by atoms with Gasteiger partial charge in [-0.1, -0.05) is 110 Å². The van der Waals surface area contributed by atoms with Crippen LogP contribution in [0, 0.1) is 0 Å². The Labute approximate surface area is 179 Å². The fourth-order valence-electron chi connectivity index (χ4n) is 3.21. The van der Waals surface area contributed by atoms with Gasteiger partial charge in [0, 0.05) is 6.42 Å². The third kappa shape index (κ3) is 27.4. The lowest BCUT2D eigenvalue weighted by atomic mass is 10.0. The molecule has 0 aliphatic carbocycles. The highest BCUT2D eigenvalue weighted by Gasteiger charge is 2.13. The second-order valence-electron chi connectivity index (χ2n) is 8.20. The zero-order valence-electron chi connectivity index (χ0n) is 19.3. The number of aliphatic hydroxyl groups excluding tert-OH is 3. The maximum atomic E-state index is 10.3. The van der Waals surface area contributed by atoms with Crippen molar-refractivity contribution in [3.05, 3.63) is 0 Å². The highest BCUT2D eigenvalue weighted by atomic mass is 16.4. The van der Waals surface area contributed by atoms with Crippen molar-refractivity contribution in [1.29, 1.82) is 0 Å². The molecule has 0 aromatic heterocycles. The van der Waals surface area contributed by atoms with E-state index in [4.69, 9.17) is 20.4 Å². The third-order valence-electron chi connectivity index (χ3n) is 5.23. The minimum Gasteiger partial charge on any atom is -0.481 e. The lowest BCUT2D eigenvalue weighted by Crippen LogP contribution is -2.28. The first-order chi connectivity index (χ1) is 14.0. The van der Waals surface area contributed by atoms with E-state index in [1.807, 2.05) is 0 Å². The van der Waals surface area contributed by atoms with Crippen molar-refractivity contribution in [1.82, 2.24) is 0 Å². The van der Waals surface area contributed by atoms with Crippen LogP contribution >= 0.6 is 0 Å². The van der Waals surface area contributed by atoms with E-state index in [1.165, 1.54) is 70.6 Å². The summed E-state index contributed by atoms with van der Waals surface area (Å²) in [5.41, 5.74) is 0. The van der Waals surface area contributed by atoms with Crippen LogP contribution in [-0.4, -0.2) is 45.2 Å². The second-order valence-corrected chi connectivity index (χ2v) is 8.20. The molecule has 176 valence electrons. The molecule has 0 bridgehead atoms. The molecule has 0 spiro atoms. The third-order valence-corrected chi connectivity index (χ3v) is 5.23. The molecule has 0 saturated heterocycles. The molecule has 5 nitrogen and oxygen atoms in total. The summed E-state index contributed by atoms with van der Waals surface area (Å²) >= 11 is 0. The molecular formula is C24H50O5. The van der Waals surface area contributed by atoms with Crippen LogP contribution < -0.4 is 0 Å². The Morgan fingerprint density at radius 1 is 0.621 bits per heavy atom. The molecule has 0 rings (SSSR count). The van der Waals surface area contributed by atoms with E-state index in [9.17, 15) is 4.79 Å². The molecule has 2 unspecified atom stereocenters. The first-order valence-electron chi connectivity index (χ1n) is 12.2. The number of carbonyl (C=O) groups is 1. The van der Waals surface area contributed by atoms with E-state index in [0.29, 0.717) is 12.8 Å². The number of aliphatic hydroxyl groups is 3. The van der Waals surface area contributed by atoms with Gasteiger partial charge in [-0.25, -0.2) is 0 Å². The van der Waals surface area contributed by atoms with Crippen LogP contribution in [0.2, 0.25) is 0 Å². The molecule has 0 aliphatic heterocycles. The van der Waals surface area contributed by atoms with Crippen molar-refractivity contribution in [2.75, 3.05) is 6.61 Å². The van der Waals surface area contributed by atoms with E-state index in [1.54, 1.807) is 0 Å². The van der Waals surface area contributed by atoms with Gasteiger partial charge in [0.25, 0.3) is 0 Å². The van der Waals surface area contributed by atoms with Crippen LogP contribution in [0.3, 0.4) is 0 Å². The summed E-state index contributed by atoms with van der Waals surface area (Å²) in [6, 6.07) is 0. The average Bonchev–Trinajstić information content (AvgIpc) is 2.71. The van der Waals surface area contributed by atoms with E-state index >= 15 is 0 Å². The molecule has 0 amide bonds. The number of carboxylic acids is 1. The lowest BCUT2D eigenvalue weighted by molar-refractivity contribution is -0.137. The Bertz CT molecular complexity index is 322. The van der Waals surface area contributed by atoms with Gasteiger partial charge in [0.1, 0.15) is 6.10 Å². The van der Waals surface area contributed by atoms with Crippen LogP contribution in [0.25, 0.3) is 0 Å². The molecular weight excluding hydrogens is 368 g/mol. The summed E-state index contributed by atoms with van der Waals surface area (Å²) in [5, 5.41) is 35.0. The molecule has 0 fully saturated rings. The SMILES string of the molecule is CCCCCC(O)C(O)CO.CCCCCCCCCCCCCCCC(=O)O. The van der Waals surface area contributed by atoms with Gasteiger partial charge in [-0.3, -0.25) is 4.79 Å². The fourth-order valence-corrected chi connectivity index (χ4v) is 3.21. The number of aliphatic carboxylic acids is 1. The number of hydrogen-bond donors (Lipinski definition) is 4. The van der Waals surface area contributed by atoms with Gasteiger partial charge in [0.05, 0.1) is 12.7 Å². The van der Waals surface area contributed by atoms with Gasteiger partial charge < -0.3 is 20.4 Å². The van der Waals surface area contributed by atoms with Crippen LogP contribution in [-0.2, 0) is 4.79 Å². The minimum absolute atomic E-state index is 0.345. The molecule has 0 aromatic rings. The summed E-state index contributed by atoms with van der Waals surface area (Å²) in [6.45, 7) is 3.98. The van der Waals surface area contributed by atoms with Crippen molar-refractivity contribution >= 4 is 5.97 Å². The van der Waals surface area contributed by atoms with Gasteiger partial charge in [-0.2, -0.15) is 0 Å². The maximum absolute atomic E-state index is 10.3. The molecule has 0 heterocycles. The Kier molecular flexibility index (Phi) is 26.7. The summed E-state index contributed by atoms with van der Waals surface area (Å²) in [7, 11) is 0. The van der Waals surface area contributed by atoms with Gasteiger partial charge in [0.2, 0.25) is 0 Å². The van der Waals surface area contributed by atoms with E-state index in [2.05, 4.69) is 13.8 Å². The van der Waals surface area contributed by atoms with Crippen molar-refractivity contribution in [3.63, 3.8) is 0 Å². The lowest BCUT2D eigenvalue weighted by Gasteiger charge is -2.14. The van der Waals surface area contributed by atoms with E-state index < -0.39 is 18.2 Å². The molecule has 29 heavy (non-hydrogen) atoms. The molecule has 0 aromatic carbocycles. The Morgan fingerprint density at radius 2 is 1.00 bits per heavy atom. The van der Waals surface area contributed by atoms with Gasteiger partial charge >= 0.3 is 5.97 Å². The molecule has 0 aliphatic rings. The van der Waals surface area contributed by atoms with E-state index in [-0.39, 0.29) is 6.61 Å². The molecule has 0 radical (unpaired) electrons. The van der Waals surface area contributed by atoms with Crippen LogP contribution in [0.4, 0.5) is 0 Å². The first-order valence-corrected chi connectivity index (χ1v) is 12.2. The highest BCUT2D eigenvalue weighted by molar-refractivity contribution is 5.66. The summed E-state index contributed by atoms with van der Waals surface area (Å²) < 4.78 is 0. The molecule has 0 saturated carbocycles. The van der Waals surface area contributed by atoms with Gasteiger partial charge in [-0.15, -0.1) is 0 Å². The van der Waals surface area contributed by atoms with Crippen LogP contribution in [0.15, 0.2) is 0 Å². The minimum atomic E-state index is -0.966. The topological polar surface area (TPSA) is 98.0 Å². The number of hydrogen-bond acceptors (Lipinski definition) is 4. The monoisotopic (exact) mass is 418 g/mol. The summed E-state index contributed by atoms with van der Waals surface area (Å²) in [4.78, 5) is 10.3. The van der Waals surface area contributed by atoms with Crippen molar-refractivity contribution < 1.29 is 25.2 Å². The smallest absolute Gasteiger partial charge is 0.303 e. The molecule has 2 atom stereocenters. The predicted molar refractivity (Wildman–Crippen MR) is 121 cm³/mol. The Morgan fingerprint density at radius 3 is 1.38 bits per heavy atom. The van der Waals surface area contributed by atoms with Crippen molar-refractivity contribution in [2.45, 2.75) is 142 Å². The fraction of sp³-hybridized carbons (Fsp3) is 0.958. The van der Waals surface area contributed by atoms with E-state index in [0.717, 1.165) is 32.1 Å². The predicted octanol–water partition coefficient (Wildman–Crippen LogP) is 5.83. The average molecular weight is 419 g/mol. The maximum Gasteiger partial charge on any atom is 0.303 e. The largest absolute Gasteiger partial charge is 0.481 e. The molecule has 4 N–H and O–H groups in total. The standard InChI is InChI=1S/C16H32O2.C8H18O3/c1-2-3-4-5-6-7-8-9-10-11-12-13-14-15-16(17)18;1-2-3-4-5-7(10)8(11)6-9/h2-15H2,1H3,(H,17,18);7-11H,2-6H2,1H3. The summed E-state index contributed by atoms with van der Waals surface area (Å²) in [5.74, 6) is -0.655. The highest BCUT2D eigenvalue weighted by Crippen LogP contribution is 2.12. The Balaban J connectivity index is 0. The quantitative estimate of drug-likeness (QED) is 0.186. The van der Waals surface area contributed by atoms with Gasteiger partial charge in [-0.05, 0) is 12.8 Å². The molecule has 5 heteroatoms. The first kappa shape index (κ1) is 30.5. The Hall–Kier alpha value is -0.650. The van der Waals surface area contributed by atoms with Crippen LogP contribution in [0.5, 0.6) is 0 Å². The zero-order chi connectivity index (χ0) is 22.2. The second kappa shape index (κ2) is 25.4. The zero-order valence-corrected chi connectivity index (χ0v) is 19.3. The number of unbranched alkanes of at least 4 members (excludes halogenated alkanes) is 14.